The topological polar surface area (TPSA) is 83.7 Å². The van der Waals surface area contributed by atoms with Gasteiger partial charge >= 0.3 is 5.97 Å². The number of aryl methyl sites for hydroxylation is 1. The molecule has 0 aliphatic carbocycles. The molecule has 0 spiro atoms. The molecule has 1 aromatic heterocycles. The number of ether oxygens (including phenoxy) is 2. The van der Waals surface area contributed by atoms with E-state index in [9.17, 15) is 9.18 Å². The van der Waals surface area contributed by atoms with Crippen molar-refractivity contribution in [3.05, 3.63) is 71.4 Å². The monoisotopic (exact) mass is 464 g/mol. The third kappa shape index (κ3) is 4.95. The molecule has 1 atom stereocenters. The minimum absolute atomic E-state index is 0.323. The fourth-order valence-corrected chi connectivity index (χ4v) is 4.28. The molecule has 2 aromatic carbocycles. The van der Waals surface area contributed by atoms with Crippen molar-refractivity contribution in [3.63, 3.8) is 0 Å². The highest BCUT2D eigenvalue weighted by Crippen LogP contribution is 2.43. The van der Waals surface area contributed by atoms with Crippen molar-refractivity contribution >= 4 is 5.97 Å². The summed E-state index contributed by atoms with van der Waals surface area (Å²) in [6.45, 7) is 5.34. The lowest BCUT2D eigenvalue weighted by Gasteiger charge is -2.29. The molecule has 1 aliphatic rings. The molecule has 0 saturated heterocycles. The Kier molecular flexibility index (Phi) is 6.95. The van der Waals surface area contributed by atoms with Crippen molar-refractivity contribution in [1.82, 2.24) is 4.98 Å². The first-order valence-electron chi connectivity index (χ1n) is 11.3. The summed E-state index contributed by atoms with van der Waals surface area (Å²) in [7, 11) is 0. The van der Waals surface area contributed by atoms with Crippen molar-refractivity contribution < 1.29 is 23.5 Å². The molecule has 0 saturated carbocycles. The van der Waals surface area contributed by atoms with E-state index in [0.717, 1.165) is 35.3 Å². The molecule has 2 heterocycles. The predicted octanol–water partition coefficient (Wildman–Crippen LogP) is 5.48. The third-order valence-corrected chi connectivity index (χ3v) is 5.68. The van der Waals surface area contributed by atoms with Gasteiger partial charge in [0, 0.05) is 17.3 Å². The van der Waals surface area contributed by atoms with Crippen LogP contribution in [0.4, 0.5) is 4.39 Å². The number of benzene rings is 2. The number of carbonyl (C=O) groups excluding carboxylic acids is 1. The quantitative estimate of drug-likeness (QED) is 0.486. The van der Waals surface area contributed by atoms with Crippen LogP contribution in [-0.4, -0.2) is 23.2 Å². The molecule has 0 amide bonds. The lowest BCUT2D eigenvalue weighted by molar-refractivity contribution is -0.168. The fraction of sp³-hybridized carbons (Fsp3) is 0.333. The maximum atomic E-state index is 14.4. The summed E-state index contributed by atoms with van der Waals surface area (Å²) in [6, 6.07) is 14.9. The van der Waals surface area contributed by atoms with Gasteiger partial charge < -0.3 is 14.3 Å². The van der Waals surface area contributed by atoms with E-state index in [0.29, 0.717) is 29.0 Å². The molecule has 1 aliphatic heterocycles. The highest BCUT2D eigenvalue weighted by Gasteiger charge is 2.34. The van der Waals surface area contributed by atoms with E-state index in [-0.39, 0.29) is 0 Å². The van der Waals surface area contributed by atoms with Gasteiger partial charge in [-0.05, 0) is 80.1 Å². The van der Waals surface area contributed by atoms with Gasteiger partial charge in [0.1, 0.15) is 12.4 Å². The molecule has 34 heavy (non-hydrogen) atoms. The summed E-state index contributed by atoms with van der Waals surface area (Å²) >= 11 is 0. The molecule has 2 N–H and O–H groups in total. The molecule has 1 unspecified atom stereocenters. The zero-order chi connectivity index (χ0) is 24.3. The Labute approximate surface area is 198 Å². The number of pyridine rings is 1. The van der Waals surface area contributed by atoms with E-state index in [4.69, 9.17) is 15.4 Å². The van der Waals surface area contributed by atoms with Crippen LogP contribution in [0.1, 0.15) is 50.0 Å². The Balaban J connectivity index is 2.04. The molecule has 0 fully saturated rings. The normalized spacial score (nSPS) is 14.1. The van der Waals surface area contributed by atoms with Gasteiger partial charge in [0.15, 0.2) is 6.10 Å². The number of fused-ring (bicyclic) bond motifs is 1. The first-order chi connectivity index (χ1) is 16.3. The van der Waals surface area contributed by atoms with Crippen LogP contribution in [0.2, 0.25) is 0 Å². The zero-order valence-corrected chi connectivity index (χ0v) is 19.6. The first kappa shape index (κ1) is 23.9. The second kappa shape index (κ2) is 9.91. The number of nitrogens with two attached hydrogens (primary N) is 1. The van der Waals surface area contributed by atoms with Gasteiger partial charge in [-0.15, -0.1) is 0 Å². The van der Waals surface area contributed by atoms with Crippen LogP contribution in [0.5, 0.6) is 5.75 Å². The smallest absolute Gasteiger partial charge is 0.358 e. The molecule has 4 rings (SSSR count). The standard InChI is InChI=1S/C27H29FN2O4/c1-27(2,3)33-25(26(31)34-29)24-19(16-28)9-11-20(21-8-4-5-13-30-21)23(24)18-10-12-22-17(15-18)7-6-14-32-22/h4-5,8-13,15,25H,6-7,14,16,29H2,1-3H3. The van der Waals surface area contributed by atoms with Gasteiger partial charge in [-0.25, -0.2) is 9.18 Å². The highest BCUT2D eigenvalue weighted by molar-refractivity contribution is 5.90. The van der Waals surface area contributed by atoms with Crippen LogP contribution in [0.15, 0.2) is 54.7 Å². The van der Waals surface area contributed by atoms with Crippen LogP contribution >= 0.6 is 0 Å². The van der Waals surface area contributed by atoms with Crippen LogP contribution in [-0.2, 0) is 27.5 Å². The Bertz CT molecular complexity index is 1180. The lowest BCUT2D eigenvalue weighted by atomic mass is 9.85. The minimum Gasteiger partial charge on any atom is -0.493 e. The maximum absolute atomic E-state index is 14.4. The van der Waals surface area contributed by atoms with E-state index in [2.05, 4.69) is 9.82 Å². The Hall–Kier alpha value is -3.29. The van der Waals surface area contributed by atoms with Gasteiger partial charge in [0.2, 0.25) is 0 Å². The number of nitrogens with zero attached hydrogens (tertiary/aromatic N) is 1. The summed E-state index contributed by atoms with van der Waals surface area (Å²) < 4.78 is 26.3. The summed E-state index contributed by atoms with van der Waals surface area (Å²) in [6.07, 6.45) is 2.24. The maximum Gasteiger partial charge on any atom is 0.358 e. The summed E-state index contributed by atoms with van der Waals surface area (Å²) in [4.78, 5) is 22.0. The van der Waals surface area contributed by atoms with Crippen molar-refractivity contribution in [1.29, 1.82) is 0 Å². The van der Waals surface area contributed by atoms with Crippen LogP contribution < -0.4 is 10.6 Å². The Morgan fingerprint density at radius 1 is 1.21 bits per heavy atom. The van der Waals surface area contributed by atoms with E-state index in [1.54, 1.807) is 12.3 Å². The molecular formula is C27H29FN2O4. The SMILES string of the molecule is CC(C)(C)OC(C(=O)ON)c1c(CF)ccc(-c2ccccn2)c1-c1ccc2c(c1)CCCO2. The van der Waals surface area contributed by atoms with Crippen molar-refractivity contribution in [3.8, 4) is 28.1 Å². The van der Waals surface area contributed by atoms with Gasteiger partial charge in [0.05, 0.1) is 17.9 Å². The number of alkyl halides is 1. The van der Waals surface area contributed by atoms with Crippen LogP contribution in [0, 0.1) is 0 Å². The predicted molar refractivity (Wildman–Crippen MR) is 128 cm³/mol. The molecule has 6 nitrogen and oxygen atoms in total. The summed E-state index contributed by atoms with van der Waals surface area (Å²) in [5.41, 5.74) is 3.93. The van der Waals surface area contributed by atoms with Gasteiger partial charge in [-0.3, -0.25) is 4.98 Å². The first-order valence-corrected chi connectivity index (χ1v) is 11.3. The average Bonchev–Trinajstić information content (AvgIpc) is 2.85. The number of hydrogen-bond acceptors (Lipinski definition) is 6. The molecule has 0 radical (unpaired) electrons. The Morgan fingerprint density at radius 2 is 2.03 bits per heavy atom. The van der Waals surface area contributed by atoms with Crippen LogP contribution in [0.3, 0.4) is 0 Å². The van der Waals surface area contributed by atoms with E-state index in [1.165, 1.54) is 0 Å². The van der Waals surface area contributed by atoms with Crippen molar-refractivity contribution in [2.24, 2.45) is 5.90 Å². The van der Waals surface area contributed by atoms with Gasteiger partial charge in [0.25, 0.3) is 0 Å². The number of carbonyl (C=O) groups is 1. The molecule has 0 bridgehead atoms. The zero-order valence-electron chi connectivity index (χ0n) is 19.6. The number of halogens is 1. The lowest BCUT2D eigenvalue weighted by Crippen LogP contribution is -2.31. The van der Waals surface area contributed by atoms with E-state index >= 15 is 0 Å². The van der Waals surface area contributed by atoms with Crippen molar-refractivity contribution in [2.75, 3.05) is 6.61 Å². The van der Waals surface area contributed by atoms with Gasteiger partial charge in [-0.2, -0.15) is 5.90 Å². The molecular weight excluding hydrogens is 435 g/mol. The second-order valence-corrected chi connectivity index (χ2v) is 9.23. The highest BCUT2D eigenvalue weighted by atomic mass is 19.1. The molecule has 7 heteroatoms. The average molecular weight is 465 g/mol. The van der Waals surface area contributed by atoms with E-state index in [1.807, 2.05) is 63.2 Å². The third-order valence-electron chi connectivity index (χ3n) is 5.68. The minimum atomic E-state index is -1.23. The largest absolute Gasteiger partial charge is 0.493 e. The number of hydrogen-bond donors (Lipinski definition) is 1. The molecule has 3 aromatic rings. The van der Waals surface area contributed by atoms with Crippen molar-refractivity contribution in [2.45, 2.75) is 52.0 Å². The number of rotatable bonds is 6. The summed E-state index contributed by atoms with van der Waals surface area (Å²) in [5.74, 6) is 5.33. The number of aromatic nitrogens is 1. The second-order valence-electron chi connectivity index (χ2n) is 9.23. The summed E-state index contributed by atoms with van der Waals surface area (Å²) in [5, 5.41) is 0. The van der Waals surface area contributed by atoms with Crippen LogP contribution in [0.25, 0.3) is 22.4 Å². The Morgan fingerprint density at radius 3 is 2.71 bits per heavy atom. The fourth-order valence-electron chi connectivity index (χ4n) is 4.28. The van der Waals surface area contributed by atoms with Gasteiger partial charge in [-0.1, -0.05) is 24.3 Å². The van der Waals surface area contributed by atoms with E-state index < -0.39 is 24.3 Å². The molecule has 178 valence electrons.